The molecule has 5 nitrogen and oxygen atoms in total. The Balaban J connectivity index is 2.32. The van der Waals surface area contributed by atoms with Crippen molar-refractivity contribution in [3.63, 3.8) is 0 Å². The minimum Gasteiger partial charge on any atom is -0.478 e. The Hall–Kier alpha value is -1.65. The van der Waals surface area contributed by atoms with Gasteiger partial charge >= 0.3 is 5.97 Å². The Morgan fingerprint density at radius 1 is 1.33 bits per heavy atom. The minimum absolute atomic E-state index is 0.205. The van der Waals surface area contributed by atoms with Gasteiger partial charge in [0.05, 0.1) is 11.4 Å². The lowest BCUT2D eigenvalue weighted by atomic mass is 10.2. The second-order valence-electron chi connectivity index (χ2n) is 3.82. The Morgan fingerprint density at radius 2 is 1.87 bits per heavy atom. The molecule has 0 unspecified atom stereocenters. The van der Waals surface area contributed by atoms with Crippen molar-refractivity contribution in [2.24, 2.45) is 0 Å². The largest absolute Gasteiger partial charge is 0.478 e. The summed E-state index contributed by atoms with van der Waals surface area (Å²) in [5.41, 5.74) is 1.23. The van der Waals surface area contributed by atoms with Crippen molar-refractivity contribution in [3.05, 3.63) is 17.0 Å². The Labute approximate surface area is 87.6 Å². The first-order valence-electron chi connectivity index (χ1n) is 4.93. The fourth-order valence-electron chi connectivity index (χ4n) is 1.50. The van der Waals surface area contributed by atoms with Crippen LogP contribution in [0.2, 0.25) is 0 Å². The van der Waals surface area contributed by atoms with Gasteiger partial charge in [0.2, 0.25) is 5.95 Å². The van der Waals surface area contributed by atoms with Crippen LogP contribution in [0.5, 0.6) is 0 Å². The Kier molecular flexibility index (Phi) is 2.30. The summed E-state index contributed by atoms with van der Waals surface area (Å²) in [5.74, 6) is -0.430. The summed E-state index contributed by atoms with van der Waals surface area (Å²) in [6.45, 7) is 3.38. The predicted octanol–water partition coefficient (Wildman–Crippen LogP) is 1.37. The van der Waals surface area contributed by atoms with Gasteiger partial charge < -0.3 is 10.4 Å². The van der Waals surface area contributed by atoms with Crippen molar-refractivity contribution in [3.8, 4) is 0 Å². The van der Waals surface area contributed by atoms with Crippen LogP contribution < -0.4 is 5.32 Å². The molecule has 0 amide bonds. The maximum absolute atomic E-state index is 10.9. The summed E-state index contributed by atoms with van der Waals surface area (Å²) in [6.07, 6.45) is 2.28. The van der Waals surface area contributed by atoms with Gasteiger partial charge in [-0.05, 0) is 26.7 Å². The fraction of sp³-hybridized carbons (Fsp3) is 0.500. The zero-order valence-electron chi connectivity index (χ0n) is 8.74. The van der Waals surface area contributed by atoms with Crippen molar-refractivity contribution < 1.29 is 9.90 Å². The zero-order valence-corrected chi connectivity index (χ0v) is 8.74. The quantitative estimate of drug-likeness (QED) is 0.782. The maximum Gasteiger partial charge on any atom is 0.339 e. The zero-order chi connectivity index (χ0) is 11.0. The number of hydrogen-bond acceptors (Lipinski definition) is 4. The van der Waals surface area contributed by atoms with E-state index in [0.29, 0.717) is 23.4 Å². The van der Waals surface area contributed by atoms with Gasteiger partial charge in [0.1, 0.15) is 5.56 Å². The van der Waals surface area contributed by atoms with E-state index in [2.05, 4.69) is 15.3 Å². The summed E-state index contributed by atoms with van der Waals surface area (Å²) < 4.78 is 0. The highest BCUT2D eigenvalue weighted by Crippen LogP contribution is 2.23. The minimum atomic E-state index is -0.969. The lowest BCUT2D eigenvalue weighted by molar-refractivity contribution is 0.0694. The second-order valence-corrected chi connectivity index (χ2v) is 3.82. The first-order valence-corrected chi connectivity index (χ1v) is 4.93. The lowest BCUT2D eigenvalue weighted by Gasteiger charge is -2.08. The van der Waals surface area contributed by atoms with Gasteiger partial charge in [-0.3, -0.25) is 0 Å². The van der Waals surface area contributed by atoms with E-state index in [1.165, 1.54) is 0 Å². The Bertz CT molecular complexity index is 390. The third-order valence-electron chi connectivity index (χ3n) is 2.40. The van der Waals surface area contributed by atoms with Crippen LogP contribution in [0.25, 0.3) is 0 Å². The third kappa shape index (κ3) is 2.06. The average molecular weight is 207 g/mol. The van der Waals surface area contributed by atoms with Gasteiger partial charge in [0.25, 0.3) is 0 Å². The SMILES string of the molecule is Cc1nc(NC2CC2)nc(C)c1C(=O)O. The van der Waals surface area contributed by atoms with Crippen molar-refractivity contribution in [2.45, 2.75) is 32.7 Å². The number of aromatic nitrogens is 2. The van der Waals surface area contributed by atoms with E-state index in [4.69, 9.17) is 5.11 Å². The van der Waals surface area contributed by atoms with Crippen molar-refractivity contribution in [2.75, 3.05) is 5.32 Å². The number of rotatable bonds is 3. The summed E-state index contributed by atoms with van der Waals surface area (Å²) in [5, 5.41) is 12.1. The normalized spacial score (nSPS) is 15.1. The molecule has 0 bridgehead atoms. The molecule has 80 valence electrons. The number of hydrogen-bond donors (Lipinski definition) is 2. The van der Waals surface area contributed by atoms with Gasteiger partial charge in [0, 0.05) is 6.04 Å². The molecule has 15 heavy (non-hydrogen) atoms. The highest BCUT2D eigenvalue weighted by molar-refractivity contribution is 5.90. The van der Waals surface area contributed by atoms with Crippen LogP contribution in [0.4, 0.5) is 5.95 Å². The monoisotopic (exact) mass is 207 g/mol. The number of anilines is 1. The molecule has 1 aliphatic rings. The lowest BCUT2D eigenvalue weighted by Crippen LogP contribution is -2.12. The first-order chi connectivity index (χ1) is 7.08. The molecule has 2 N–H and O–H groups in total. The molecule has 5 heteroatoms. The molecule has 1 aromatic rings. The molecule has 0 radical (unpaired) electrons. The number of nitrogens with one attached hydrogen (secondary N) is 1. The molecule has 0 spiro atoms. The van der Waals surface area contributed by atoms with Crippen LogP contribution in [-0.4, -0.2) is 27.1 Å². The van der Waals surface area contributed by atoms with E-state index in [9.17, 15) is 4.79 Å². The fourth-order valence-corrected chi connectivity index (χ4v) is 1.50. The molecule has 0 atom stereocenters. The summed E-state index contributed by atoms with van der Waals surface area (Å²) in [6, 6.07) is 0.472. The van der Waals surface area contributed by atoms with E-state index in [1.54, 1.807) is 13.8 Å². The van der Waals surface area contributed by atoms with Gasteiger partial charge in [-0.1, -0.05) is 0 Å². The number of carboxylic acids is 1. The molecule has 1 aromatic heterocycles. The highest BCUT2D eigenvalue weighted by Gasteiger charge is 2.23. The van der Waals surface area contributed by atoms with Crippen molar-refractivity contribution >= 4 is 11.9 Å². The van der Waals surface area contributed by atoms with Crippen LogP contribution in [0.3, 0.4) is 0 Å². The molecular formula is C10H13N3O2. The van der Waals surface area contributed by atoms with Gasteiger partial charge in [-0.25, -0.2) is 14.8 Å². The van der Waals surface area contributed by atoms with E-state index >= 15 is 0 Å². The molecule has 1 aliphatic carbocycles. The summed E-state index contributed by atoms with van der Waals surface area (Å²) in [4.78, 5) is 19.2. The number of carboxylic acid groups (broad SMARTS) is 1. The maximum atomic E-state index is 10.9. The molecule has 2 rings (SSSR count). The van der Waals surface area contributed by atoms with Gasteiger partial charge in [-0.2, -0.15) is 0 Å². The molecule has 0 saturated heterocycles. The van der Waals surface area contributed by atoms with Crippen LogP contribution in [0, 0.1) is 13.8 Å². The Morgan fingerprint density at radius 3 is 2.27 bits per heavy atom. The summed E-state index contributed by atoms with van der Waals surface area (Å²) >= 11 is 0. The number of carbonyl (C=O) groups is 1. The third-order valence-corrected chi connectivity index (χ3v) is 2.40. The molecule has 0 aromatic carbocycles. The van der Waals surface area contributed by atoms with Crippen LogP contribution >= 0.6 is 0 Å². The standard InChI is InChI=1S/C10H13N3O2/c1-5-8(9(14)15)6(2)12-10(11-5)13-7-3-4-7/h7H,3-4H2,1-2H3,(H,14,15)(H,11,12,13). The predicted molar refractivity (Wildman–Crippen MR) is 55.1 cm³/mol. The smallest absolute Gasteiger partial charge is 0.339 e. The van der Waals surface area contributed by atoms with Crippen molar-refractivity contribution in [1.29, 1.82) is 0 Å². The van der Waals surface area contributed by atoms with E-state index in [1.807, 2.05) is 0 Å². The molecule has 1 saturated carbocycles. The number of nitrogens with zero attached hydrogens (tertiary/aromatic N) is 2. The van der Waals surface area contributed by atoms with Crippen LogP contribution in [0.1, 0.15) is 34.6 Å². The van der Waals surface area contributed by atoms with Crippen LogP contribution in [0.15, 0.2) is 0 Å². The number of aryl methyl sites for hydroxylation is 2. The topological polar surface area (TPSA) is 75.1 Å². The van der Waals surface area contributed by atoms with Crippen molar-refractivity contribution in [1.82, 2.24) is 9.97 Å². The average Bonchev–Trinajstić information content (AvgIpc) is 2.85. The summed E-state index contributed by atoms with van der Waals surface area (Å²) in [7, 11) is 0. The van der Waals surface area contributed by atoms with Crippen LogP contribution in [-0.2, 0) is 0 Å². The van der Waals surface area contributed by atoms with E-state index in [-0.39, 0.29) is 5.56 Å². The van der Waals surface area contributed by atoms with E-state index < -0.39 is 5.97 Å². The van der Waals surface area contributed by atoms with Gasteiger partial charge in [0.15, 0.2) is 0 Å². The van der Waals surface area contributed by atoms with E-state index in [0.717, 1.165) is 12.8 Å². The molecule has 0 aliphatic heterocycles. The number of aromatic carboxylic acids is 1. The molecule has 1 fully saturated rings. The second kappa shape index (κ2) is 3.49. The first kappa shape index (κ1) is 9.89. The molecule has 1 heterocycles. The molecular weight excluding hydrogens is 194 g/mol. The van der Waals surface area contributed by atoms with Gasteiger partial charge in [-0.15, -0.1) is 0 Å². The highest BCUT2D eigenvalue weighted by atomic mass is 16.4.